The molecule has 1 amide bonds. The van der Waals surface area contributed by atoms with Crippen molar-refractivity contribution in [2.24, 2.45) is 7.05 Å². The summed E-state index contributed by atoms with van der Waals surface area (Å²) in [6.07, 6.45) is 4.34. The van der Waals surface area contributed by atoms with E-state index in [4.69, 9.17) is 23.2 Å². The molecular weight excluding hydrogens is 401 g/mol. The van der Waals surface area contributed by atoms with E-state index in [1.165, 1.54) is 0 Å². The minimum Gasteiger partial charge on any atom is -0.352 e. The minimum absolute atomic E-state index is 0.0863. The van der Waals surface area contributed by atoms with E-state index in [-0.39, 0.29) is 5.91 Å². The number of amides is 1. The smallest absolute Gasteiger partial charge is 0.251 e. The Labute approximate surface area is 172 Å². The lowest BCUT2D eigenvalue weighted by atomic mass is 10.1. The van der Waals surface area contributed by atoms with Gasteiger partial charge in [-0.3, -0.25) is 4.79 Å². The highest BCUT2D eigenvalue weighted by atomic mass is 35.5. The molecule has 140 valence electrons. The van der Waals surface area contributed by atoms with E-state index >= 15 is 0 Å². The second-order valence-corrected chi connectivity index (χ2v) is 7.88. The molecule has 0 unspecified atom stereocenters. The molecule has 0 aliphatic carbocycles. The van der Waals surface area contributed by atoms with Gasteiger partial charge in [-0.05, 0) is 35.9 Å². The van der Waals surface area contributed by atoms with E-state index in [1.807, 2.05) is 48.1 Å². The van der Waals surface area contributed by atoms with Crippen LogP contribution in [0.4, 0.5) is 0 Å². The van der Waals surface area contributed by atoms with Crippen LogP contribution in [-0.4, -0.2) is 22.0 Å². The quantitative estimate of drug-likeness (QED) is 0.548. The molecule has 0 spiro atoms. The molecule has 1 N–H and O–H groups in total. The van der Waals surface area contributed by atoms with Gasteiger partial charge >= 0.3 is 0 Å². The van der Waals surface area contributed by atoms with E-state index in [9.17, 15) is 4.79 Å². The minimum atomic E-state index is -0.0863. The van der Waals surface area contributed by atoms with Crippen LogP contribution in [-0.2, 0) is 19.2 Å². The number of benzene rings is 2. The van der Waals surface area contributed by atoms with Gasteiger partial charge in [0, 0.05) is 53.6 Å². The van der Waals surface area contributed by atoms with Gasteiger partial charge in [0.1, 0.15) is 5.82 Å². The fourth-order valence-electron chi connectivity index (χ4n) is 2.58. The van der Waals surface area contributed by atoms with Gasteiger partial charge in [-0.25, -0.2) is 4.98 Å². The second-order valence-electron chi connectivity index (χ2n) is 6.02. The van der Waals surface area contributed by atoms with E-state index in [2.05, 4.69) is 10.3 Å². The van der Waals surface area contributed by atoms with E-state index < -0.39 is 0 Å². The number of nitrogens with zero attached hydrogens (tertiary/aromatic N) is 2. The van der Waals surface area contributed by atoms with E-state index in [0.29, 0.717) is 34.3 Å². The average molecular weight is 420 g/mol. The number of rotatable bonds is 7. The van der Waals surface area contributed by atoms with Crippen molar-refractivity contribution in [2.45, 2.75) is 17.1 Å². The van der Waals surface area contributed by atoms with Crippen molar-refractivity contribution in [1.29, 1.82) is 0 Å². The van der Waals surface area contributed by atoms with Gasteiger partial charge in [0.05, 0.1) is 5.02 Å². The van der Waals surface area contributed by atoms with Gasteiger partial charge in [0.2, 0.25) is 0 Å². The lowest BCUT2D eigenvalue weighted by molar-refractivity contribution is 0.0954. The van der Waals surface area contributed by atoms with Gasteiger partial charge in [0.15, 0.2) is 0 Å². The highest BCUT2D eigenvalue weighted by Gasteiger charge is 2.08. The van der Waals surface area contributed by atoms with Gasteiger partial charge in [-0.1, -0.05) is 35.3 Å². The Bertz CT molecular complexity index is 942. The van der Waals surface area contributed by atoms with Crippen molar-refractivity contribution in [1.82, 2.24) is 14.9 Å². The molecule has 0 aliphatic heterocycles. The van der Waals surface area contributed by atoms with Crippen LogP contribution in [0, 0.1) is 0 Å². The number of imidazole rings is 1. The predicted octanol–water partition coefficient (Wildman–Crippen LogP) is 4.99. The summed E-state index contributed by atoms with van der Waals surface area (Å²) in [6, 6.07) is 13.0. The van der Waals surface area contributed by atoms with Gasteiger partial charge < -0.3 is 9.88 Å². The zero-order valence-corrected chi connectivity index (χ0v) is 17.1. The fourth-order valence-corrected chi connectivity index (χ4v) is 4.01. The molecule has 3 aromatic rings. The highest BCUT2D eigenvalue weighted by Crippen LogP contribution is 2.32. The van der Waals surface area contributed by atoms with Crippen molar-refractivity contribution in [3.63, 3.8) is 0 Å². The summed E-state index contributed by atoms with van der Waals surface area (Å²) in [5.41, 5.74) is 1.69. The molecular formula is C20H19Cl2N3OS. The standard InChI is InChI=1S/C20H19Cl2N3OS/c1-25-10-9-23-19(25)7-8-24-20(26)15-4-2-3-14(11-15)13-27-18-12-16(21)5-6-17(18)22/h2-6,9-12H,7-8,13H2,1H3,(H,24,26). The molecule has 0 saturated carbocycles. The van der Waals surface area contributed by atoms with Crippen LogP contribution >= 0.6 is 35.0 Å². The lowest BCUT2D eigenvalue weighted by Crippen LogP contribution is -2.26. The molecule has 7 heteroatoms. The zero-order valence-electron chi connectivity index (χ0n) is 14.8. The van der Waals surface area contributed by atoms with Crippen LogP contribution in [0.15, 0.2) is 59.8 Å². The third-order valence-electron chi connectivity index (χ3n) is 4.03. The van der Waals surface area contributed by atoms with Crippen molar-refractivity contribution < 1.29 is 4.79 Å². The van der Waals surface area contributed by atoms with Gasteiger partial charge in [-0.15, -0.1) is 11.8 Å². The summed E-state index contributed by atoms with van der Waals surface area (Å²) in [5.74, 6) is 1.56. The van der Waals surface area contributed by atoms with Crippen LogP contribution < -0.4 is 5.32 Å². The number of carbonyl (C=O) groups is 1. The molecule has 27 heavy (non-hydrogen) atoms. The van der Waals surface area contributed by atoms with E-state index in [0.717, 1.165) is 16.3 Å². The topological polar surface area (TPSA) is 46.9 Å². The molecule has 1 aromatic heterocycles. The Kier molecular flexibility index (Phi) is 6.83. The largest absolute Gasteiger partial charge is 0.352 e. The number of carbonyl (C=O) groups excluding carboxylic acids is 1. The Morgan fingerprint density at radius 3 is 2.85 bits per heavy atom. The molecule has 0 saturated heterocycles. The number of hydrogen-bond donors (Lipinski definition) is 1. The number of thioether (sulfide) groups is 1. The average Bonchev–Trinajstić information content (AvgIpc) is 3.07. The SMILES string of the molecule is Cn1ccnc1CCNC(=O)c1cccc(CSc2cc(Cl)ccc2Cl)c1. The normalized spacial score (nSPS) is 10.8. The third kappa shape index (κ3) is 5.51. The van der Waals surface area contributed by atoms with Crippen molar-refractivity contribution in [2.75, 3.05) is 6.54 Å². The third-order valence-corrected chi connectivity index (χ3v) is 5.84. The molecule has 0 aliphatic rings. The van der Waals surface area contributed by atoms with Crippen LogP contribution in [0.25, 0.3) is 0 Å². The maximum Gasteiger partial charge on any atom is 0.251 e. The molecule has 3 rings (SSSR count). The van der Waals surface area contributed by atoms with Crippen LogP contribution in [0.1, 0.15) is 21.7 Å². The monoisotopic (exact) mass is 419 g/mol. The molecule has 0 atom stereocenters. The molecule has 0 radical (unpaired) electrons. The Hall–Kier alpha value is -1.95. The number of aryl methyl sites for hydroxylation is 1. The maximum atomic E-state index is 12.4. The molecule has 4 nitrogen and oxygen atoms in total. The summed E-state index contributed by atoms with van der Waals surface area (Å²) in [4.78, 5) is 17.6. The van der Waals surface area contributed by atoms with Crippen molar-refractivity contribution in [3.05, 3.63) is 81.9 Å². The summed E-state index contributed by atoms with van der Waals surface area (Å²) in [6.45, 7) is 0.542. The first-order chi connectivity index (χ1) is 13.0. The van der Waals surface area contributed by atoms with Crippen LogP contribution in [0.2, 0.25) is 10.0 Å². The molecule has 1 heterocycles. The molecule has 0 fully saturated rings. The Morgan fingerprint density at radius 1 is 1.22 bits per heavy atom. The number of hydrogen-bond acceptors (Lipinski definition) is 3. The van der Waals surface area contributed by atoms with Gasteiger partial charge in [0.25, 0.3) is 5.91 Å². The van der Waals surface area contributed by atoms with Gasteiger partial charge in [-0.2, -0.15) is 0 Å². The van der Waals surface area contributed by atoms with Crippen molar-refractivity contribution >= 4 is 40.9 Å². The number of nitrogens with one attached hydrogen (secondary N) is 1. The number of aromatic nitrogens is 2. The Balaban J connectivity index is 1.57. The molecule has 0 bridgehead atoms. The first-order valence-corrected chi connectivity index (χ1v) is 10.2. The van der Waals surface area contributed by atoms with Crippen LogP contribution in [0.3, 0.4) is 0 Å². The maximum absolute atomic E-state index is 12.4. The van der Waals surface area contributed by atoms with Crippen LogP contribution in [0.5, 0.6) is 0 Å². The molecule has 2 aromatic carbocycles. The lowest BCUT2D eigenvalue weighted by Gasteiger charge is -2.08. The summed E-state index contributed by atoms with van der Waals surface area (Å²) >= 11 is 13.8. The fraction of sp³-hybridized carbons (Fsp3) is 0.200. The highest BCUT2D eigenvalue weighted by molar-refractivity contribution is 7.98. The summed E-state index contributed by atoms with van der Waals surface area (Å²) < 4.78 is 1.95. The first kappa shape index (κ1) is 19.8. The predicted molar refractivity (Wildman–Crippen MR) is 112 cm³/mol. The number of halogens is 2. The first-order valence-electron chi connectivity index (χ1n) is 8.44. The summed E-state index contributed by atoms with van der Waals surface area (Å²) in [5, 5.41) is 4.27. The van der Waals surface area contributed by atoms with E-state index in [1.54, 1.807) is 30.1 Å². The Morgan fingerprint density at radius 2 is 2.07 bits per heavy atom. The second kappa shape index (κ2) is 9.31. The summed E-state index contributed by atoms with van der Waals surface area (Å²) in [7, 11) is 1.94. The zero-order chi connectivity index (χ0) is 19.2. The van der Waals surface area contributed by atoms with Crippen molar-refractivity contribution in [3.8, 4) is 0 Å².